The van der Waals surface area contributed by atoms with Crippen molar-refractivity contribution in [2.45, 2.75) is 39.5 Å². The molecule has 6 aromatic carbocycles. The van der Waals surface area contributed by atoms with Gasteiger partial charge < -0.3 is 14.2 Å². The van der Waals surface area contributed by atoms with Gasteiger partial charge in [-0.2, -0.15) is 0 Å². The third-order valence-electron chi connectivity index (χ3n) is 10.0. The Labute approximate surface area is 290 Å². The van der Waals surface area contributed by atoms with Crippen molar-refractivity contribution < 1.29 is 14.3 Å². The van der Waals surface area contributed by atoms with Crippen LogP contribution < -0.4 is 14.5 Å². The van der Waals surface area contributed by atoms with Crippen LogP contribution in [0.1, 0.15) is 71.4 Å². The molecule has 2 amide bonds. The Bertz CT molecular complexity index is 2420. The molecule has 3 heterocycles. The highest BCUT2D eigenvalue weighted by atomic mass is 16.5. The number of imide groups is 1. The molecule has 0 unspecified atom stereocenters. The Kier molecular flexibility index (Phi) is 6.71. The van der Waals surface area contributed by atoms with Crippen molar-refractivity contribution in [3.63, 3.8) is 0 Å². The van der Waals surface area contributed by atoms with E-state index in [0.29, 0.717) is 34.0 Å². The molecule has 0 fully saturated rings. The van der Waals surface area contributed by atoms with E-state index in [2.05, 4.69) is 67.5 Å². The lowest BCUT2D eigenvalue weighted by Gasteiger charge is -2.33. The van der Waals surface area contributed by atoms with Gasteiger partial charge in [0.1, 0.15) is 0 Å². The number of rotatable bonds is 5. The van der Waals surface area contributed by atoms with Gasteiger partial charge in [-0.1, -0.05) is 107 Å². The molecule has 0 N–H and O–H groups in total. The Hall–Kier alpha value is -6.14. The second-order valence-corrected chi connectivity index (χ2v) is 13.7. The molecule has 1 aromatic heterocycles. The van der Waals surface area contributed by atoms with Crippen LogP contribution in [-0.4, -0.2) is 16.4 Å². The van der Waals surface area contributed by atoms with Crippen LogP contribution >= 0.6 is 0 Å². The van der Waals surface area contributed by atoms with Crippen LogP contribution in [-0.2, 0) is 0 Å². The van der Waals surface area contributed by atoms with Gasteiger partial charge in [0, 0.05) is 16.5 Å². The number of carbonyl (C=O) groups is 2. The average Bonchev–Trinajstić information content (AvgIpc) is 3.60. The van der Waals surface area contributed by atoms with Gasteiger partial charge in [0.05, 0.1) is 44.9 Å². The monoisotopic (exact) mass is 653 g/mol. The quantitative estimate of drug-likeness (QED) is 0.173. The fourth-order valence-electron chi connectivity index (χ4n) is 7.77. The number of hydrogen-bond acceptors (Lipinski definition) is 4. The minimum atomic E-state index is -0.321. The smallest absolute Gasteiger partial charge is 0.268 e. The molecule has 0 saturated heterocycles. The largest absolute Gasteiger partial charge is 0.453 e. The second kappa shape index (κ2) is 11.2. The van der Waals surface area contributed by atoms with Gasteiger partial charge >= 0.3 is 0 Å². The number of anilines is 4. The summed E-state index contributed by atoms with van der Waals surface area (Å²) >= 11 is 0. The normalized spacial score (nSPS) is 13.7. The zero-order valence-electron chi connectivity index (χ0n) is 28.3. The summed E-state index contributed by atoms with van der Waals surface area (Å²) in [6.07, 6.45) is 0. The molecule has 2 aliphatic heterocycles. The van der Waals surface area contributed by atoms with Crippen LogP contribution in [0.2, 0.25) is 0 Å². The summed E-state index contributed by atoms with van der Waals surface area (Å²) in [6, 6.07) is 42.4. The third kappa shape index (κ3) is 4.27. The number of ether oxygens (including phenoxy) is 1. The fraction of sp³-hybridized carbons (Fsp3) is 0.136. The molecule has 7 aromatic rings. The first-order valence-electron chi connectivity index (χ1n) is 17.2. The lowest BCUT2D eigenvalue weighted by molar-refractivity contribution is 0.0925. The molecule has 0 radical (unpaired) electrons. The predicted molar refractivity (Wildman–Crippen MR) is 201 cm³/mol. The molecule has 244 valence electrons. The molecule has 0 atom stereocenters. The molecule has 0 spiro atoms. The van der Waals surface area contributed by atoms with Crippen LogP contribution in [0, 0.1) is 0 Å². The topological polar surface area (TPSA) is 54.8 Å². The number of amides is 2. The molecule has 0 aliphatic carbocycles. The Balaban J connectivity index is 1.38. The molecule has 6 nitrogen and oxygen atoms in total. The first-order chi connectivity index (χ1) is 24.3. The zero-order chi connectivity index (χ0) is 34.3. The average molecular weight is 654 g/mol. The lowest BCUT2D eigenvalue weighted by atomic mass is 9.92. The number of hydrogen-bond donors (Lipinski definition) is 0. The number of para-hydroxylation sites is 7. The van der Waals surface area contributed by atoms with Crippen LogP contribution in [0.15, 0.2) is 127 Å². The highest BCUT2D eigenvalue weighted by Crippen LogP contribution is 2.52. The van der Waals surface area contributed by atoms with Crippen molar-refractivity contribution in [1.29, 1.82) is 0 Å². The Morgan fingerprint density at radius 3 is 1.60 bits per heavy atom. The third-order valence-corrected chi connectivity index (χ3v) is 10.0. The molecule has 0 bridgehead atoms. The Morgan fingerprint density at radius 1 is 0.520 bits per heavy atom. The van der Waals surface area contributed by atoms with Gasteiger partial charge in [-0.25, -0.2) is 4.90 Å². The SMILES string of the molecule is CC(C)c1cccc(C(C)C)c1N1C(=O)c2cc(N3c4ccccc4Oc4ccccc43)cc(-n3c4ccccc4c4ccccc43)c2C1=O. The van der Waals surface area contributed by atoms with Crippen molar-refractivity contribution in [3.05, 3.63) is 150 Å². The van der Waals surface area contributed by atoms with Gasteiger partial charge in [0.15, 0.2) is 11.5 Å². The van der Waals surface area contributed by atoms with Crippen LogP contribution in [0.4, 0.5) is 22.7 Å². The number of fused-ring (bicyclic) bond motifs is 6. The number of nitrogens with zero attached hydrogens (tertiary/aromatic N) is 3. The molecule has 0 saturated carbocycles. The maximum absolute atomic E-state index is 15.1. The minimum absolute atomic E-state index is 0.0988. The minimum Gasteiger partial charge on any atom is -0.453 e. The maximum atomic E-state index is 15.1. The van der Waals surface area contributed by atoms with Gasteiger partial charge in [-0.15, -0.1) is 0 Å². The van der Waals surface area contributed by atoms with Crippen molar-refractivity contribution >= 4 is 56.4 Å². The van der Waals surface area contributed by atoms with E-state index >= 15 is 4.79 Å². The highest BCUT2D eigenvalue weighted by molar-refractivity contribution is 6.36. The summed E-state index contributed by atoms with van der Waals surface area (Å²) in [7, 11) is 0. The fourth-order valence-corrected chi connectivity index (χ4v) is 7.77. The molecular weight excluding hydrogens is 619 g/mol. The highest BCUT2D eigenvalue weighted by Gasteiger charge is 2.43. The van der Waals surface area contributed by atoms with E-state index < -0.39 is 0 Å². The standard InChI is InChI=1S/C44H35N3O3/c1-26(2)29-16-13-17-30(27(3)4)42(29)47-43(48)33-24-28(45-36-20-9-11-22-39(36)50-40-23-12-10-21-37(40)45)25-38(41(33)44(47)49)46-34-18-7-5-14-31(34)32-15-6-8-19-35(32)46/h5-27H,1-4H3. The summed E-state index contributed by atoms with van der Waals surface area (Å²) in [6.45, 7) is 8.43. The molecule has 2 aliphatic rings. The van der Waals surface area contributed by atoms with E-state index in [1.54, 1.807) is 0 Å². The summed E-state index contributed by atoms with van der Waals surface area (Å²) in [5.74, 6) is 0.983. The number of benzene rings is 6. The van der Waals surface area contributed by atoms with E-state index in [1.165, 1.54) is 4.90 Å². The first-order valence-corrected chi connectivity index (χ1v) is 17.2. The molecule has 9 rings (SSSR count). The van der Waals surface area contributed by atoms with Gasteiger partial charge in [0.25, 0.3) is 11.8 Å². The van der Waals surface area contributed by atoms with E-state index in [1.807, 2.05) is 97.1 Å². The van der Waals surface area contributed by atoms with Crippen LogP contribution in [0.25, 0.3) is 27.5 Å². The molecule has 50 heavy (non-hydrogen) atoms. The second-order valence-electron chi connectivity index (χ2n) is 13.7. The van der Waals surface area contributed by atoms with Crippen LogP contribution in [0.3, 0.4) is 0 Å². The van der Waals surface area contributed by atoms with Gasteiger partial charge in [-0.3, -0.25) is 9.59 Å². The summed E-state index contributed by atoms with van der Waals surface area (Å²) in [4.78, 5) is 33.6. The summed E-state index contributed by atoms with van der Waals surface area (Å²) in [5, 5.41) is 2.15. The van der Waals surface area contributed by atoms with Crippen molar-refractivity contribution in [2.24, 2.45) is 0 Å². The van der Waals surface area contributed by atoms with Gasteiger partial charge in [0.2, 0.25) is 0 Å². The van der Waals surface area contributed by atoms with Crippen molar-refractivity contribution in [1.82, 2.24) is 4.57 Å². The van der Waals surface area contributed by atoms with Crippen LogP contribution in [0.5, 0.6) is 11.5 Å². The molecular formula is C44H35N3O3. The summed E-state index contributed by atoms with van der Waals surface area (Å²) < 4.78 is 8.50. The zero-order valence-corrected chi connectivity index (χ0v) is 28.3. The number of aromatic nitrogens is 1. The van der Waals surface area contributed by atoms with E-state index in [-0.39, 0.29) is 23.7 Å². The first kappa shape index (κ1) is 30.0. The lowest BCUT2D eigenvalue weighted by Crippen LogP contribution is -2.32. The van der Waals surface area contributed by atoms with Crippen molar-refractivity contribution in [2.75, 3.05) is 9.80 Å². The van der Waals surface area contributed by atoms with E-state index in [0.717, 1.165) is 50.0 Å². The Morgan fingerprint density at radius 2 is 1.04 bits per heavy atom. The molecule has 6 heteroatoms. The predicted octanol–water partition coefficient (Wildman–Crippen LogP) is 11.4. The van der Waals surface area contributed by atoms with Gasteiger partial charge in [-0.05, 0) is 71.5 Å². The number of carbonyl (C=O) groups excluding carboxylic acids is 2. The van der Waals surface area contributed by atoms with Crippen molar-refractivity contribution in [3.8, 4) is 17.2 Å². The van der Waals surface area contributed by atoms with E-state index in [9.17, 15) is 4.79 Å². The maximum Gasteiger partial charge on any atom is 0.268 e. The van der Waals surface area contributed by atoms with E-state index in [4.69, 9.17) is 4.74 Å². The summed E-state index contributed by atoms with van der Waals surface area (Å²) in [5.41, 5.74) is 8.44.